The van der Waals surface area contributed by atoms with Crippen molar-refractivity contribution in [2.45, 2.75) is 54.5 Å². The molecule has 0 radical (unpaired) electrons. The lowest BCUT2D eigenvalue weighted by molar-refractivity contribution is -0.139. The fraction of sp³-hybridized carbons (Fsp3) is 0.310. The Balaban J connectivity index is 1.36. The summed E-state index contributed by atoms with van der Waals surface area (Å²) in [6.07, 6.45) is 3.59. The van der Waals surface area contributed by atoms with Crippen molar-refractivity contribution in [2.75, 3.05) is 7.05 Å². The number of hydrogen-bond acceptors (Lipinski definition) is 4. The van der Waals surface area contributed by atoms with E-state index < -0.39 is 12.0 Å². The number of aliphatic carboxylic acids is 1. The minimum Gasteiger partial charge on any atom is -0.480 e. The molecule has 0 spiro atoms. The van der Waals surface area contributed by atoms with E-state index in [0.29, 0.717) is 23.8 Å². The molecule has 6 heteroatoms. The Bertz CT molecular complexity index is 1110. The molecule has 0 aliphatic heterocycles. The van der Waals surface area contributed by atoms with Gasteiger partial charge in [-0.2, -0.15) is 0 Å². The van der Waals surface area contributed by atoms with Crippen LogP contribution in [0.4, 0.5) is 0 Å². The number of thioether (sulfide) groups is 1. The first-order valence-corrected chi connectivity index (χ1v) is 13.0. The van der Waals surface area contributed by atoms with E-state index in [4.69, 9.17) is 0 Å². The van der Waals surface area contributed by atoms with Crippen molar-refractivity contribution < 1.29 is 14.7 Å². The quantitative estimate of drug-likeness (QED) is 0.408. The predicted octanol–water partition coefficient (Wildman–Crippen LogP) is 5.26. The second kappa shape index (κ2) is 12.0. The Morgan fingerprint density at radius 3 is 2.26 bits per heavy atom. The molecule has 3 aromatic carbocycles. The van der Waals surface area contributed by atoms with Crippen LogP contribution in [0.2, 0.25) is 0 Å². The summed E-state index contributed by atoms with van der Waals surface area (Å²) in [4.78, 5) is 28.1. The van der Waals surface area contributed by atoms with Gasteiger partial charge in [-0.15, -0.1) is 11.8 Å². The van der Waals surface area contributed by atoms with Crippen molar-refractivity contribution in [3.8, 4) is 0 Å². The summed E-state index contributed by atoms with van der Waals surface area (Å²) in [6, 6.07) is 27.0. The number of nitrogens with zero attached hydrogens (tertiary/aromatic N) is 1. The first-order chi connectivity index (χ1) is 17.0. The first-order valence-electron chi connectivity index (χ1n) is 12.1. The molecule has 1 aliphatic rings. The van der Waals surface area contributed by atoms with Crippen LogP contribution in [0.15, 0.2) is 89.8 Å². The van der Waals surface area contributed by atoms with E-state index in [1.54, 1.807) is 0 Å². The summed E-state index contributed by atoms with van der Waals surface area (Å²) in [5, 5.41) is 13.2. The Morgan fingerprint density at radius 2 is 1.60 bits per heavy atom. The second-order valence-electron chi connectivity index (χ2n) is 9.04. The summed E-state index contributed by atoms with van der Waals surface area (Å²) >= 11 is 1.86. The molecule has 1 aliphatic carbocycles. The lowest BCUT2D eigenvalue weighted by Gasteiger charge is -2.29. The Labute approximate surface area is 211 Å². The molecular formula is C29H32N2O3S. The van der Waals surface area contributed by atoms with Crippen LogP contribution in [-0.2, 0) is 17.8 Å². The fourth-order valence-corrected chi connectivity index (χ4v) is 6.04. The summed E-state index contributed by atoms with van der Waals surface area (Å²) in [7, 11) is 1.90. The molecule has 0 saturated heterocycles. The fourth-order valence-electron chi connectivity index (χ4n) is 4.62. The summed E-state index contributed by atoms with van der Waals surface area (Å²) in [5.74, 6) is -0.872. The van der Waals surface area contributed by atoms with Gasteiger partial charge in [-0.3, -0.25) is 9.59 Å². The molecule has 1 saturated carbocycles. The normalized spacial score (nSPS) is 18.2. The van der Waals surface area contributed by atoms with E-state index in [-0.39, 0.29) is 11.9 Å². The van der Waals surface area contributed by atoms with Gasteiger partial charge in [-0.25, -0.2) is 0 Å². The van der Waals surface area contributed by atoms with Crippen molar-refractivity contribution >= 4 is 23.6 Å². The Hall–Kier alpha value is -3.09. The van der Waals surface area contributed by atoms with Gasteiger partial charge in [0.1, 0.15) is 6.04 Å². The molecule has 182 valence electrons. The number of carboxylic acid groups (broad SMARTS) is 1. The van der Waals surface area contributed by atoms with Gasteiger partial charge in [-0.05, 0) is 54.7 Å². The van der Waals surface area contributed by atoms with Crippen molar-refractivity contribution in [2.24, 2.45) is 0 Å². The molecule has 2 N–H and O–H groups in total. The van der Waals surface area contributed by atoms with E-state index in [0.717, 1.165) is 30.4 Å². The molecule has 3 aromatic rings. The Morgan fingerprint density at radius 1 is 0.943 bits per heavy atom. The van der Waals surface area contributed by atoms with Crippen LogP contribution in [0.3, 0.4) is 0 Å². The minimum atomic E-state index is -0.885. The minimum absolute atomic E-state index is 0.0131. The number of carboxylic acids is 1. The molecule has 3 atom stereocenters. The van der Waals surface area contributed by atoms with Crippen LogP contribution in [0.25, 0.3) is 0 Å². The van der Waals surface area contributed by atoms with Gasteiger partial charge in [0.05, 0.1) is 0 Å². The van der Waals surface area contributed by atoms with Crippen LogP contribution >= 0.6 is 11.8 Å². The highest BCUT2D eigenvalue weighted by Crippen LogP contribution is 2.37. The lowest BCUT2D eigenvalue weighted by Crippen LogP contribution is -2.40. The van der Waals surface area contributed by atoms with E-state index in [1.807, 2.05) is 84.4 Å². The number of carbonyl (C=O) groups is 2. The summed E-state index contributed by atoms with van der Waals surface area (Å²) in [6.45, 7) is 0.489. The van der Waals surface area contributed by atoms with Gasteiger partial charge in [0.2, 0.25) is 0 Å². The highest BCUT2D eigenvalue weighted by Gasteiger charge is 2.33. The van der Waals surface area contributed by atoms with E-state index in [2.05, 4.69) is 29.6 Å². The number of amides is 1. The van der Waals surface area contributed by atoms with Crippen LogP contribution in [0.5, 0.6) is 0 Å². The summed E-state index contributed by atoms with van der Waals surface area (Å²) in [5.41, 5.74) is 2.56. The zero-order valence-electron chi connectivity index (χ0n) is 20.0. The second-order valence-corrected chi connectivity index (χ2v) is 10.4. The number of rotatable bonds is 10. The van der Waals surface area contributed by atoms with E-state index in [1.165, 1.54) is 4.90 Å². The largest absolute Gasteiger partial charge is 0.480 e. The molecule has 0 heterocycles. The molecule has 1 amide bonds. The molecule has 35 heavy (non-hydrogen) atoms. The highest BCUT2D eigenvalue weighted by atomic mass is 32.2. The van der Waals surface area contributed by atoms with E-state index >= 15 is 0 Å². The van der Waals surface area contributed by atoms with E-state index in [9.17, 15) is 14.7 Å². The molecule has 1 fully saturated rings. The van der Waals surface area contributed by atoms with Gasteiger partial charge in [0, 0.05) is 35.3 Å². The predicted molar refractivity (Wildman–Crippen MR) is 141 cm³/mol. The van der Waals surface area contributed by atoms with Gasteiger partial charge >= 0.3 is 5.97 Å². The maximum Gasteiger partial charge on any atom is 0.321 e. The van der Waals surface area contributed by atoms with Crippen molar-refractivity contribution in [3.05, 3.63) is 102 Å². The third-order valence-corrected chi connectivity index (χ3v) is 8.00. The maximum absolute atomic E-state index is 13.2. The average Bonchev–Trinajstić information content (AvgIpc) is 3.35. The third kappa shape index (κ3) is 6.74. The smallest absolute Gasteiger partial charge is 0.321 e. The van der Waals surface area contributed by atoms with Gasteiger partial charge in [0.25, 0.3) is 5.91 Å². The standard InChI is InChI=1S/C29H32N2O3S/c1-31(26-13-8-14-27(26)35-24-11-6-3-7-12-24)28(32)23-17-15-21(16-18-23)19-25(29(33)34)30-20-22-9-4-2-5-10-22/h2-7,9-12,15-18,25-27,30H,8,13-14,19-20H2,1H3,(H,33,34). The monoisotopic (exact) mass is 488 g/mol. The third-order valence-electron chi connectivity index (χ3n) is 6.60. The van der Waals surface area contributed by atoms with Crippen LogP contribution in [0, 0.1) is 0 Å². The number of carbonyl (C=O) groups excluding carboxylic acids is 1. The average molecular weight is 489 g/mol. The molecule has 4 rings (SSSR count). The summed E-state index contributed by atoms with van der Waals surface area (Å²) < 4.78 is 0. The van der Waals surface area contributed by atoms with Crippen molar-refractivity contribution in [1.29, 1.82) is 0 Å². The zero-order valence-corrected chi connectivity index (χ0v) is 20.8. The van der Waals surface area contributed by atoms with Gasteiger partial charge in [0.15, 0.2) is 0 Å². The topological polar surface area (TPSA) is 69.6 Å². The molecule has 5 nitrogen and oxygen atoms in total. The maximum atomic E-state index is 13.2. The number of hydrogen-bond donors (Lipinski definition) is 2. The Kier molecular flexibility index (Phi) is 8.61. The lowest BCUT2D eigenvalue weighted by atomic mass is 10.0. The van der Waals surface area contributed by atoms with Gasteiger partial charge < -0.3 is 15.3 Å². The molecular weight excluding hydrogens is 456 g/mol. The van der Waals surface area contributed by atoms with Crippen LogP contribution in [0.1, 0.15) is 40.7 Å². The molecule has 0 bridgehead atoms. The molecule has 0 aromatic heterocycles. The van der Waals surface area contributed by atoms with Gasteiger partial charge in [-0.1, -0.05) is 67.1 Å². The van der Waals surface area contributed by atoms with Crippen molar-refractivity contribution in [3.63, 3.8) is 0 Å². The highest BCUT2D eigenvalue weighted by molar-refractivity contribution is 8.00. The van der Waals surface area contributed by atoms with Crippen LogP contribution < -0.4 is 5.32 Å². The van der Waals surface area contributed by atoms with Crippen molar-refractivity contribution in [1.82, 2.24) is 10.2 Å². The number of benzene rings is 3. The molecule has 3 unspecified atom stereocenters. The SMILES string of the molecule is CN(C(=O)c1ccc(CC(NCc2ccccc2)C(=O)O)cc1)C1CCCC1Sc1ccccc1. The number of nitrogens with one attached hydrogen (secondary N) is 1. The zero-order chi connectivity index (χ0) is 24.6. The first kappa shape index (κ1) is 25.0. The van der Waals surface area contributed by atoms with Crippen LogP contribution in [-0.4, -0.2) is 46.3 Å².